The maximum absolute atomic E-state index is 10.8. The maximum atomic E-state index is 10.8. The first-order valence-corrected chi connectivity index (χ1v) is 4.92. The van der Waals surface area contributed by atoms with Gasteiger partial charge in [0, 0.05) is 6.08 Å². The van der Waals surface area contributed by atoms with E-state index in [9.17, 15) is 4.79 Å². The first-order chi connectivity index (χ1) is 7.25. The highest BCUT2D eigenvalue weighted by Crippen LogP contribution is 2.21. The Balaban J connectivity index is 2.08. The molecule has 78 valence electrons. The van der Waals surface area contributed by atoms with Crippen molar-refractivity contribution < 1.29 is 9.53 Å². The van der Waals surface area contributed by atoms with Gasteiger partial charge in [0.15, 0.2) is 11.7 Å². The summed E-state index contributed by atoms with van der Waals surface area (Å²) >= 11 is 0. The minimum absolute atomic E-state index is 0.00814. The van der Waals surface area contributed by atoms with Crippen molar-refractivity contribution in [2.24, 2.45) is 0 Å². The summed E-state index contributed by atoms with van der Waals surface area (Å²) in [6.45, 7) is 2.08. The molecule has 1 N–H and O–H groups in total. The molecule has 1 aromatic carbocycles. The summed E-state index contributed by atoms with van der Waals surface area (Å²) in [6, 6.07) is 10.2. The summed E-state index contributed by atoms with van der Waals surface area (Å²) in [5, 5.41) is 3.16. The second-order valence-electron chi connectivity index (χ2n) is 3.54. The van der Waals surface area contributed by atoms with E-state index in [1.807, 2.05) is 30.3 Å². The molecular weight excluding hydrogens is 190 g/mol. The van der Waals surface area contributed by atoms with Crippen LogP contribution in [0.5, 0.6) is 0 Å². The van der Waals surface area contributed by atoms with E-state index >= 15 is 0 Å². The Morgan fingerprint density at radius 2 is 2.20 bits per heavy atom. The van der Waals surface area contributed by atoms with E-state index in [1.165, 1.54) is 18.6 Å². The zero-order valence-electron chi connectivity index (χ0n) is 8.57. The molecule has 3 heteroatoms. The summed E-state index contributed by atoms with van der Waals surface area (Å²) in [4.78, 5) is 10.8. The van der Waals surface area contributed by atoms with Gasteiger partial charge in [-0.05, 0) is 12.5 Å². The molecule has 15 heavy (non-hydrogen) atoms. The van der Waals surface area contributed by atoms with E-state index in [0.717, 1.165) is 0 Å². The molecule has 3 nitrogen and oxygen atoms in total. The number of ketones is 1. The second-order valence-corrected chi connectivity index (χ2v) is 3.54. The number of nitrogens with one attached hydrogen (secondary N) is 1. The predicted octanol–water partition coefficient (Wildman–Crippen LogP) is 1.78. The van der Waals surface area contributed by atoms with Crippen molar-refractivity contribution in [2.75, 3.05) is 6.61 Å². The molecule has 0 amide bonds. The third-order valence-corrected chi connectivity index (χ3v) is 2.26. The lowest BCUT2D eigenvalue weighted by atomic mass is 10.1. The molecule has 1 aliphatic heterocycles. The number of carbonyl (C=O) groups is 1. The Hall–Kier alpha value is -1.77. The van der Waals surface area contributed by atoms with Gasteiger partial charge in [-0.2, -0.15) is 0 Å². The van der Waals surface area contributed by atoms with Crippen LogP contribution in [-0.4, -0.2) is 12.4 Å². The van der Waals surface area contributed by atoms with Gasteiger partial charge in [0.1, 0.15) is 6.61 Å². The smallest absolute Gasteiger partial charge is 0.190 e. The number of rotatable bonds is 2. The van der Waals surface area contributed by atoms with Gasteiger partial charge < -0.3 is 10.1 Å². The SMILES string of the molecule is CC(=O)C=C1N[C@@H](c2ccccc2)CO1. The first-order valence-electron chi connectivity index (χ1n) is 4.92. The lowest BCUT2D eigenvalue weighted by Crippen LogP contribution is -2.13. The molecule has 0 saturated carbocycles. The van der Waals surface area contributed by atoms with Crippen LogP contribution in [0.4, 0.5) is 0 Å². The summed E-state index contributed by atoms with van der Waals surface area (Å²) in [5.74, 6) is 0.558. The molecule has 0 radical (unpaired) electrons. The van der Waals surface area contributed by atoms with Crippen molar-refractivity contribution in [1.29, 1.82) is 0 Å². The summed E-state index contributed by atoms with van der Waals surface area (Å²) < 4.78 is 5.36. The Morgan fingerprint density at radius 3 is 2.87 bits per heavy atom. The molecule has 0 aromatic heterocycles. The highest BCUT2D eigenvalue weighted by atomic mass is 16.5. The van der Waals surface area contributed by atoms with Crippen molar-refractivity contribution in [3.8, 4) is 0 Å². The standard InChI is InChI=1S/C12H13NO2/c1-9(14)7-12-13-11(8-15-12)10-5-3-2-4-6-10/h2-7,11,13H,8H2,1H3/t11-/m1/s1. The molecule has 2 rings (SSSR count). The monoisotopic (exact) mass is 203 g/mol. The van der Waals surface area contributed by atoms with Crippen LogP contribution in [0.25, 0.3) is 0 Å². The van der Waals surface area contributed by atoms with Crippen molar-refractivity contribution in [3.63, 3.8) is 0 Å². The van der Waals surface area contributed by atoms with Crippen LogP contribution in [0.3, 0.4) is 0 Å². The van der Waals surface area contributed by atoms with Crippen LogP contribution in [0, 0.1) is 0 Å². The van der Waals surface area contributed by atoms with E-state index in [2.05, 4.69) is 5.32 Å². The number of hydrogen-bond donors (Lipinski definition) is 1. The van der Waals surface area contributed by atoms with Crippen LogP contribution in [0.2, 0.25) is 0 Å². The molecule has 1 saturated heterocycles. The zero-order valence-corrected chi connectivity index (χ0v) is 8.57. The van der Waals surface area contributed by atoms with Crippen molar-refractivity contribution >= 4 is 5.78 Å². The summed E-state index contributed by atoms with van der Waals surface area (Å²) in [5.41, 5.74) is 1.17. The number of carbonyl (C=O) groups excluding carboxylic acids is 1. The van der Waals surface area contributed by atoms with Gasteiger partial charge in [-0.1, -0.05) is 30.3 Å². The predicted molar refractivity (Wildman–Crippen MR) is 57.0 cm³/mol. The van der Waals surface area contributed by atoms with Gasteiger partial charge in [-0.15, -0.1) is 0 Å². The topological polar surface area (TPSA) is 38.3 Å². The minimum atomic E-state index is -0.00814. The first kappa shape index (κ1) is 9.77. The molecule has 1 fully saturated rings. The number of allylic oxidation sites excluding steroid dienone is 1. The maximum Gasteiger partial charge on any atom is 0.190 e. The van der Waals surface area contributed by atoms with Crippen LogP contribution in [0.15, 0.2) is 42.3 Å². The van der Waals surface area contributed by atoms with Gasteiger partial charge in [0.25, 0.3) is 0 Å². The highest BCUT2D eigenvalue weighted by molar-refractivity contribution is 5.87. The van der Waals surface area contributed by atoms with Crippen LogP contribution in [0.1, 0.15) is 18.5 Å². The molecule has 0 aliphatic carbocycles. The Kier molecular flexibility index (Phi) is 2.72. The van der Waals surface area contributed by atoms with Gasteiger partial charge >= 0.3 is 0 Å². The fourth-order valence-electron chi connectivity index (χ4n) is 1.56. The van der Waals surface area contributed by atoms with E-state index in [4.69, 9.17) is 4.74 Å². The quantitative estimate of drug-likeness (QED) is 0.744. The van der Waals surface area contributed by atoms with Crippen molar-refractivity contribution in [1.82, 2.24) is 5.32 Å². The second kappa shape index (κ2) is 4.17. The van der Waals surface area contributed by atoms with Crippen LogP contribution < -0.4 is 5.32 Å². The molecule has 1 aliphatic rings. The average Bonchev–Trinajstić information content (AvgIpc) is 2.67. The van der Waals surface area contributed by atoms with Gasteiger partial charge in [0.2, 0.25) is 0 Å². The molecule has 0 bridgehead atoms. The fourth-order valence-corrected chi connectivity index (χ4v) is 1.56. The number of hydrogen-bond acceptors (Lipinski definition) is 3. The van der Waals surface area contributed by atoms with E-state index in [-0.39, 0.29) is 11.8 Å². The zero-order chi connectivity index (χ0) is 10.7. The van der Waals surface area contributed by atoms with Gasteiger partial charge in [-0.25, -0.2) is 0 Å². The average molecular weight is 203 g/mol. The molecule has 1 heterocycles. The lowest BCUT2D eigenvalue weighted by molar-refractivity contribution is -0.112. The molecular formula is C12H13NO2. The molecule has 1 atom stereocenters. The normalized spacial score (nSPS) is 22.2. The minimum Gasteiger partial charge on any atom is -0.477 e. The van der Waals surface area contributed by atoms with E-state index < -0.39 is 0 Å². The highest BCUT2D eigenvalue weighted by Gasteiger charge is 2.20. The van der Waals surface area contributed by atoms with E-state index in [0.29, 0.717) is 12.5 Å². The third-order valence-electron chi connectivity index (χ3n) is 2.26. The summed E-state index contributed by atoms with van der Waals surface area (Å²) in [7, 11) is 0. The number of ether oxygens (including phenoxy) is 1. The Bertz CT molecular complexity index is 384. The molecule has 0 unspecified atom stereocenters. The van der Waals surface area contributed by atoms with Crippen molar-refractivity contribution in [3.05, 3.63) is 47.9 Å². The summed E-state index contributed by atoms with van der Waals surface area (Å²) in [6.07, 6.45) is 1.48. The Morgan fingerprint density at radius 1 is 1.47 bits per heavy atom. The Labute approximate surface area is 88.8 Å². The largest absolute Gasteiger partial charge is 0.477 e. The molecule has 1 aromatic rings. The molecule has 0 spiro atoms. The van der Waals surface area contributed by atoms with E-state index in [1.54, 1.807) is 0 Å². The van der Waals surface area contributed by atoms with Crippen LogP contribution in [-0.2, 0) is 9.53 Å². The van der Waals surface area contributed by atoms with Gasteiger partial charge in [0.05, 0.1) is 6.04 Å². The third kappa shape index (κ3) is 2.37. The lowest BCUT2D eigenvalue weighted by Gasteiger charge is -2.07. The van der Waals surface area contributed by atoms with Crippen LogP contribution >= 0.6 is 0 Å². The van der Waals surface area contributed by atoms with Gasteiger partial charge in [-0.3, -0.25) is 4.79 Å². The number of benzene rings is 1. The fraction of sp³-hybridized carbons (Fsp3) is 0.250. The van der Waals surface area contributed by atoms with Crippen molar-refractivity contribution in [2.45, 2.75) is 13.0 Å².